The molecule has 2 aromatic carbocycles. The zero-order chi connectivity index (χ0) is 23.7. The molecule has 2 atom stereocenters. The van der Waals surface area contributed by atoms with Gasteiger partial charge in [0, 0.05) is 29.7 Å². The Bertz CT molecular complexity index is 1370. The van der Waals surface area contributed by atoms with Crippen LogP contribution in [0.5, 0.6) is 0 Å². The molecule has 4 aromatic rings. The maximum atomic E-state index is 13.2. The number of aromatic amines is 1. The predicted molar refractivity (Wildman–Crippen MR) is 130 cm³/mol. The van der Waals surface area contributed by atoms with Gasteiger partial charge in [0.2, 0.25) is 0 Å². The predicted octanol–water partition coefficient (Wildman–Crippen LogP) is 3.57. The maximum absolute atomic E-state index is 13.2. The van der Waals surface area contributed by atoms with Crippen molar-refractivity contribution in [2.45, 2.75) is 43.4 Å². The second-order valence-electron chi connectivity index (χ2n) is 9.07. The molecule has 1 aliphatic heterocycles. The Morgan fingerprint density at radius 1 is 1.15 bits per heavy atom. The molecule has 3 heterocycles. The zero-order valence-electron chi connectivity index (χ0n) is 19.1. The van der Waals surface area contributed by atoms with E-state index in [1.54, 1.807) is 23.1 Å². The Balaban J connectivity index is 1.24. The summed E-state index contributed by atoms with van der Waals surface area (Å²) in [5.74, 6) is -0.406. The molecule has 1 aliphatic rings. The Morgan fingerprint density at radius 3 is 2.71 bits per heavy atom. The number of nitrogens with one attached hydrogen (secondary N) is 1. The van der Waals surface area contributed by atoms with Crippen LogP contribution in [0.1, 0.15) is 30.0 Å². The first kappa shape index (κ1) is 22.7. The molecule has 1 unspecified atom stereocenters. The topological polar surface area (TPSA) is 83.9 Å². The van der Waals surface area contributed by atoms with Gasteiger partial charge in [-0.25, -0.2) is 22.5 Å². The average molecular weight is 482 g/mol. The summed E-state index contributed by atoms with van der Waals surface area (Å²) in [7, 11) is -3.33. The Labute approximate surface area is 198 Å². The minimum absolute atomic E-state index is 0.0485. The third-order valence-corrected chi connectivity index (χ3v) is 9.16. The molecular weight excluding hydrogens is 453 g/mol. The molecule has 2 aromatic heterocycles. The van der Waals surface area contributed by atoms with Crippen molar-refractivity contribution in [3.63, 3.8) is 0 Å². The summed E-state index contributed by atoms with van der Waals surface area (Å²) in [5.41, 5.74) is 4.10. The van der Waals surface area contributed by atoms with Crippen LogP contribution in [-0.4, -0.2) is 57.4 Å². The third kappa shape index (κ3) is 4.76. The van der Waals surface area contributed by atoms with Crippen LogP contribution in [0.25, 0.3) is 10.9 Å². The summed E-state index contributed by atoms with van der Waals surface area (Å²) < 4.78 is 41.1. The van der Waals surface area contributed by atoms with Crippen LogP contribution in [0, 0.1) is 5.82 Å². The number of sulfone groups is 1. The molecule has 7 nitrogen and oxygen atoms in total. The first-order valence-corrected chi connectivity index (χ1v) is 13.2. The van der Waals surface area contributed by atoms with Gasteiger partial charge in [0.1, 0.15) is 18.5 Å². The van der Waals surface area contributed by atoms with E-state index in [1.807, 2.05) is 13.1 Å². The summed E-state index contributed by atoms with van der Waals surface area (Å²) in [6.07, 6.45) is 6.75. The van der Waals surface area contributed by atoms with E-state index in [0.717, 1.165) is 30.6 Å². The van der Waals surface area contributed by atoms with Gasteiger partial charge in [0.05, 0.1) is 17.5 Å². The molecule has 34 heavy (non-hydrogen) atoms. The van der Waals surface area contributed by atoms with Crippen molar-refractivity contribution in [2.24, 2.45) is 0 Å². The fourth-order valence-electron chi connectivity index (χ4n) is 4.98. The number of fused-ring (bicyclic) bond motifs is 1. The fourth-order valence-corrected chi connectivity index (χ4v) is 7.09. The standard InChI is InChI=1S/C25H28FN5O2S/c1-18-25(34(32,33)15-19-2-5-22(26)6-3-19)9-11-30(18)10-8-21-13-28-24-7-4-20(12-23(21)24)14-31-17-27-16-29-31/h2-7,12-13,16-18,25,28H,8-11,14-15H2,1H3/t18?,25-/m1/s1. The highest BCUT2D eigenvalue weighted by atomic mass is 32.2. The fraction of sp³-hybridized carbons (Fsp3) is 0.360. The van der Waals surface area contributed by atoms with Crippen LogP contribution in [0.3, 0.4) is 0 Å². The number of aromatic nitrogens is 4. The minimum atomic E-state index is -3.33. The number of halogens is 1. The Morgan fingerprint density at radius 2 is 1.94 bits per heavy atom. The van der Waals surface area contributed by atoms with Crippen molar-refractivity contribution in [2.75, 3.05) is 13.1 Å². The highest BCUT2D eigenvalue weighted by Crippen LogP contribution is 2.28. The normalized spacial score (nSPS) is 19.2. The first-order valence-electron chi connectivity index (χ1n) is 11.5. The van der Waals surface area contributed by atoms with Crippen molar-refractivity contribution >= 4 is 20.7 Å². The molecular formula is C25H28FN5O2S. The number of rotatable bonds is 8. The lowest BCUT2D eigenvalue weighted by atomic mass is 10.1. The highest BCUT2D eigenvalue weighted by Gasteiger charge is 2.39. The van der Waals surface area contributed by atoms with Crippen LogP contribution in [0.2, 0.25) is 0 Å². The summed E-state index contributed by atoms with van der Waals surface area (Å²) >= 11 is 0. The molecule has 0 saturated carbocycles. The van der Waals surface area contributed by atoms with E-state index < -0.39 is 15.1 Å². The van der Waals surface area contributed by atoms with Gasteiger partial charge in [0.25, 0.3) is 0 Å². The SMILES string of the molecule is CC1[C@H](S(=O)(=O)Cc2ccc(F)cc2)CCN1CCc1c[nH]c2ccc(Cn3cncn3)cc12. The summed E-state index contributed by atoms with van der Waals surface area (Å²) in [4.78, 5) is 9.62. The molecule has 178 valence electrons. The van der Waals surface area contributed by atoms with E-state index in [1.165, 1.54) is 29.4 Å². The lowest BCUT2D eigenvalue weighted by Crippen LogP contribution is -2.38. The summed E-state index contributed by atoms with van der Waals surface area (Å²) in [5, 5.41) is 4.96. The van der Waals surface area contributed by atoms with Gasteiger partial charge in [-0.05, 0) is 67.3 Å². The van der Waals surface area contributed by atoms with Crippen LogP contribution in [0.15, 0.2) is 61.3 Å². The van der Waals surface area contributed by atoms with Crippen molar-refractivity contribution in [3.8, 4) is 0 Å². The van der Waals surface area contributed by atoms with Gasteiger partial charge in [-0.2, -0.15) is 5.10 Å². The minimum Gasteiger partial charge on any atom is -0.361 e. The third-order valence-electron chi connectivity index (χ3n) is 6.87. The van der Waals surface area contributed by atoms with Gasteiger partial charge in [-0.15, -0.1) is 0 Å². The maximum Gasteiger partial charge on any atom is 0.158 e. The van der Waals surface area contributed by atoms with E-state index in [2.05, 4.69) is 38.2 Å². The molecule has 1 N–H and O–H groups in total. The number of nitrogens with zero attached hydrogens (tertiary/aromatic N) is 4. The average Bonchev–Trinajstić information content (AvgIpc) is 3.55. The Hall–Kier alpha value is -3.04. The van der Waals surface area contributed by atoms with E-state index in [0.29, 0.717) is 18.5 Å². The second kappa shape index (κ2) is 9.31. The van der Waals surface area contributed by atoms with Crippen molar-refractivity contribution in [3.05, 3.63) is 83.8 Å². The smallest absolute Gasteiger partial charge is 0.158 e. The van der Waals surface area contributed by atoms with Crippen molar-refractivity contribution in [1.82, 2.24) is 24.6 Å². The summed E-state index contributed by atoms with van der Waals surface area (Å²) in [6, 6.07) is 12.0. The molecule has 1 fully saturated rings. The number of benzene rings is 2. The van der Waals surface area contributed by atoms with E-state index in [9.17, 15) is 12.8 Å². The molecule has 0 spiro atoms. The lowest BCUT2D eigenvalue weighted by Gasteiger charge is -2.24. The van der Waals surface area contributed by atoms with E-state index in [-0.39, 0.29) is 17.6 Å². The number of H-pyrrole nitrogens is 1. The largest absolute Gasteiger partial charge is 0.361 e. The molecule has 9 heteroatoms. The van der Waals surface area contributed by atoms with Gasteiger partial charge in [-0.3, -0.25) is 4.90 Å². The molecule has 0 bridgehead atoms. The van der Waals surface area contributed by atoms with Gasteiger partial charge >= 0.3 is 0 Å². The lowest BCUT2D eigenvalue weighted by molar-refractivity contribution is 0.273. The molecule has 0 radical (unpaired) electrons. The van der Waals surface area contributed by atoms with Gasteiger partial charge < -0.3 is 4.98 Å². The molecule has 0 aliphatic carbocycles. The monoisotopic (exact) mass is 481 g/mol. The first-order chi connectivity index (χ1) is 16.4. The van der Waals surface area contributed by atoms with E-state index >= 15 is 0 Å². The number of hydrogen-bond acceptors (Lipinski definition) is 5. The van der Waals surface area contributed by atoms with Crippen LogP contribution in [0.4, 0.5) is 4.39 Å². The number of hydrogen-bond donors (Lipinski definition) is 1. The van der Waals surface area contributed by atoms with Crippen LogP contribution < -0.4 is 0 Å². The highest BCUT2D eigenvalue weighted by molar-refractivity contribution is 7.91. The zero-order valence-corrected chi connectivity index (χ0v) is 19.9. The van der Waals surface area contributed by atoms with Crippen LogP contribution >= 0.6 is 0 Å². The summed E-state index contributed by atoms with van der Waals surface area (Å²) in [6.45, 7) is 4.22. The molecule has 5 rings (SSSR count). The molecule has 1 saturated heterocycles. The van der Waals surface area contributed by atoms with E-state index in [4.69, 9.17) is 0 Å². The number of likely N-dealkylation sites (tertiary alicyclic amines) is 1. The van der Waals surface area contributed by atoms with Crippen LogP contribution in [-0.2, 0) is 28.6 Å². The van der Waals surface area contributed by atoms with Gasteiger partial charge in [0.15, 0.2) is 9.84 Å². The van der Waals surface area contributed by atoms with Crippen molar-refractivity contribution in [1.29, 1.82) is 0 Å². The van der Waals surface area contributed by atoms with Crippen molar-refractivity contribution < 1.29 is 12.8 Å². The van der Waals surface area contributed by atoms with Gasteiger partial charge in [-0.1, -0.05) is 18.2 Å². The quantitative estimate of drug-likeness (QED) is 0.416. The molecule has 0 amide bonds. The second-order valence-corrected chi connectivity index (χ2v) is 11.3. The Kier molecular flexibility index (Phi) is 6.22.